The van der Waals surface area contributed by atoms with Gasteiger partial charge in [0.25, 0.3) is 0 Å². The summed E-state index contributed by atoms with van der Waals surface area (Å²) in [5.41, 5.74) is 0. The van der Waals surface area contributed by atoms with Crippen LogP contribution >= 0.6 is 10.5 Å². The summed E-state index contributed by atoms with van der Waals surface area (Å²) in [7, 11) is 0.508. The molecule has 0 saturated heterocycles. The third-order valence-electron chi connectivity index (χ3n) is 1.85. The van der Waals surface area contributed by atoms with Gasteiger partial charge in [-0.1, -0.05) is 19.8 Å². The van der Waals surface area contributed by atoms with E-state index in [2.05, 4.69) is 29.8 Å². The highest BCUT2D eigenvalue weighted by molar-refractivity contribution is 7.27. The molecule has 0 amide bonds. The van der Waals surface area contributed by atoms with Crippen molar-refractivity contribution >= 4 is 10.5 Å². The molecule has 0 unspecified atom stereocenters. The number of hydrogen-bond acceptors (Lipinski definition) is 0. The molecular weight excluding hydrogens is 188 g/mol. The zero-order valence-corrected chi connectivity index (χ0v) is 9.20. The maximum atomic E-state index is 2.33. The molecule has 0 aliphatic heterocycles. The summed E-state index contributed by atoms with van der Waals surface area (Å²) in [5, 5.41) is 4.65. The van der Waals surface area contributed by atoms with Crippen molar-refractivity contribution in [3.63, 3.8) is 0 Å². The van der Waals surface area contributed by atoms with Crippen molar-refractivity contribution in [2.24, 2.45) is 0 Å². The SMILES string of the molecule is CCCCCC[s+]1cccc1.[Cl-]. The van der Waals surface area contributed by atoms with E-state index < -0.39 is 0 Å². The minimum Gasteiger partial charge on any atom is -1.00 e. The van der Waals surface area contributed by atoms with Gasteiger partial charge in [0.05, 0.1) is 0 Å². The lowest BCUT2D eigenvalue weighted by Crippen LogP contribution is -3.00. The molecule has 0 spiro atoms. The second kappa shape index (κ2) is 7.63. The van der Waals surface area contributed by atoms with Crippen LogP contribution in [0.4, 0.5) is 0 Å². The largest absolute Gasteiger partial charge is 1.00 e. The van der Waals surface area contributed by atoms with Crippen molar-refractivity contribution in [3.8, 4) is 0 Å². The van der Waals surface area contributed by atoms with Gasteiger partial charge in [0.2, 0.25) is 0 Å². The van der Waals surface area contributed by atoms with Gasteiger partial charge in [-0.25, -0.2) is 0 Å². The Hall–Kier alpha value is -0.0100. The molecule has 1 rings (SSSR count). The van der Waals surface area contributed by atoms with Crippen molar-refractivity contribution in [2.45, 2.75) is 38.4 Å². The third-order valence-corrected chi connectivity index (χ3v) is 3.62. The molecule has 1 aromatic rings. The molecule has 0 saturated carbocycles. The summed E-state index contributed by atoms with van der Waals surface area (Å²) < 4.78 is 0. The molecule has 1 heterocycles. The van der Waals surface area contributed by atoms with Crippen LogP contribution in [0.1, 0.15) is 32.6 Å². The molecular formula is C10H17ClS. The topological polar surface area (TPSA) is 0 Å². The summed E-state index contributed by atoms with van der Waals surface area (Å²) in [6, 6.07) is 4.34. The minimum atomic E-state index is 0. The first kappa shape index (κ1) is 12.0. The Balaban J connectivity index is 0.00000121. The van der Waals surface area contributed by atoms with Gasteiger partial charge in [-0.3, -0.25) is 0 Å². The van der Waals surface area contributed by atoms with Crippen molar-refractivity contribution in [1.29, 1.82) is 0 Å². The second-order valence-electron chi connectivity index (χ2n) is 2.89. The Morgan fingerprint density at radius 3 is 2.25 bits per heavy atom. The second-order valence-corrected chi connectivity index (χ2v) is 4.78. The van der Waals surface area contributed by atoms with E-state index in [1.54, 1.807) is 0 Å². The molecule has 12 heavy (non-hydrogen) atoms. The Labute approximate surface area is 84.4 Å². The first-order valence-corrected chi connectivity index (χ1v) is 5.99. The number of rotatable bonds is 5. The van der Waals surface area contributed by atoms with E-state index in [-0.39, 0.29) is 12.4 Å². The smallest absolute Gasteiger partial charge is 0.137 e. The van der Waals surface area contributed by atoms with Crippen LogP contribution in [0.3, 0.4) is 0 Å². The zero-order chi connectivity index (χ0) is 7.94. The number of halogens is 1. The minimum absolute atomic E-state index is 0. The quantitative estimate of drug-likeness (QED) is 0.497. The summed E-state index contributed by atoms with van der Waals surface area (Å²) in [4.78, 5) is 0. The van der Waals surface area contributed by atoms with Crippen LogP contribution in [0.5, 0.6) is 0 Å². The molecule has 0 radical (unpaired) electrons. The van der Waals surface area contributed by atoms with Crippen molar-refractivity contribution in [3.05, 3.63) is 22.9 Å². The highest BCUT2D eigenvalue weighted by Gasteiger charge is 1.99. The highest BCUT2D eigenvalue weighted by atomic mass is 35.5. The lowest BCUT2D eigenvalue weighted by Gasteiger charge is -1.91. The standard InChI is InChI=1S/C10H17S.ClH/c1-2-3-4-5-8-11-9-6-7-10-11;/h6-7,9-10H,2-5,8H2,1H3;1H/q+1;/p-1. The number of unbranched alkanes of at least 4 members (excludes halogenated alkanes) is 3. The highest BCUT2D eigenvalue weighted by Crippen LogP contribution is 2.20. The van der Waals surface area contributed by atoms with Crippen LogP contribution in [0.2, 0.25) is 0 Å². The van der Waals surface area contributed by atoms with Crippen LogP contribution < -0.4 is 12.4 Å². The average Bonchev–Trinajstić information content (AvgIpc) is 2.50. The van der Waals surface area contributed by atoms with Gasteiger partial charge in [0.15, 0.2) is 0 Å². The van der Waals surface area contributed by atoms with Gasteiger partial charge >= 0.3 is 0 Å². The van der Waals surface area contributed by atoms with E-state index in [9.17, 15) is 0 Å². The normalized spacial score (nSPS) is 9.42. The summed E-state index contributed by atoms with van der Waals surface area (Å²) in [5.74, 6) is 1.38. The van der Waals surface area contributed by atoms with Crippen LogP contribution in [0, 0.1) is 0 Å². The van der Waals surface area contributed by atoms with E-state index >= 15 is 0 Å². The van der Waals surface area contributed by atoms with Crippen LogP contribution in [0.25, 0.3) is 0 Å². The number of thiophene rings is 1. The molecule has 0 bridgehead atoms. The predicted molar refractivity (Wildman–Crippen MR) is 53.1 cm³/mol. The molecule has 1 aromatic heterocycles. The van der Waals surface area contributed by atoms with Gasteiger partial charge in [0.1, 0.15) is 16.5 Å². The van der Waals surface area contributed by atoms with Crippen LogP contribution in [0.15, 0.2) is 22.9 Å². The van der Waals surface area contributed by atoms with Crippen molar-refractivity contribution < 1.29 is 12.4 Å². The number of hydrogen-bond donors (Lipinski definition) is 0. The fourth-order valence-corrected chi connectivity index (χ4v) is 2.65. The fraction of sp³-hybridized carbons (Fsp3) is 0.600. The lowest BCUT2D eigenvalue weighted by molar-refractivity contribution is -0.00000237. The molecule has 0 fully saturated rings. The Morgan fingerprint density at radius 2 is 1.67 bits per heavy atom. The maximum Gasteiger partial charge on any atom is 0.137 e. The van der Waals surface area contributed by atoms with Gasteiger partial charge in [0, 0.05) is 0 Å². The van der Waals surface area contributed by atoms with Crippen molar-refractivity contribution in [2.75, 3.05) is 0 Å². The fourth-order valence-electron chi connectivity index (χ4n) is 1.17. The van der Waals surface area contributed by atoms with Gasteiger partial charge in [-0.05, 0) is 35.4 Å². The van der Waals surface area contributed by atoms with E-state index in [0.717, 1.165) is 0 Å². The number of aryl methyl sites for hydroxylation is 1. The predicted octanol–water partition coefficient (Wildman–Crippen LogP) is 1.02. The van der Waals surface area contributed by atoms with E-state index in [1.165, 1.54) is 31.4 Å². The molecule has 0 aliphatic carbocycles. The van der Waals surface area contributed by atoms with Crippen LogP contribution in [-0.4, -0.2) is 0 Å². The lowest BCUT2D eigenvalue weighted by atomic mass is 10.2. The summed E-state index contributed by atoms with van der Waals surface area (Å²) >= 11 is 0. The molecule has 0 aromatic carbocycles. The molecule has 70 valence electrons. The Morgan fingerprint density at radius 1 is 1.00 bits per heavy atom. The summed E-state index contributed by atoms with van der Waals surface area (Å²) in [6.45, 7) is 2.26. The first-order chi connectivity index (χ1) is 5.43. The third kappa shape index (κ3) is 4.78. The van der Waals surface area contributed by atoms with Gasteiger partial charge in [-0.15, -0.1) is 0 Å². The Bertz CT molecular complexity index is 170. The average molecular weight is 205 g/mol. The summed E-state index contributed by atoms with van der Waals surface area (Å²) in [6.07, 6.45) is 5.58. The molecule has 0 nitrogen and oxygen atoms in total. The van der Waals surface area contributed by atoms with Crippen LogP contribution in [-0.2, 0) is 5.75 Å². The first-order valence-electron chi connectivity index (χ1n) is 4.47. The molecule has 0 atom stereocenters. The van der Waals surface area contributed by atoms with Crippen molar-refractivity contribution in [1.82, 2.24) is 0 Å². The zero-order valence-electron chi connectivity index (χ0n) is 7.63. The molecule has 0 aliphatic rings. The maximum absolute atomic E-state index is 2.33. The van der Waals surface area contributed by atoms with E-state index in [1.807, 2.05) is 0 Å². The Kier molecular flexibility index (Phi) is 7.62. The molecule has 2 heteroatoms. The van der Waals surface area contributed by atoms with Gasteiger partial charge in [-0.2, -0.15) is 0 Å². The molecule has 0 N–H and O–H groups in total. The van der Waals surface area contributed by atoms with E-state index in [0.29, 0.717) is 10.5 Å². The monoisotopic (exact) mass is 204 g/mol. The van der Waals surface area contributed by atoms with E-state index in [4.69, 9.17) is 0 Å². The van der Waals surface area contributed by atoms with Gasteiger partial charge < -0.3 is 12.4 Å².